The SMILES string of the molecule is CCNC(=NCC(C)Cc1cccs1)NCCc1c(C)noc1C. The molecule has 0 aliphatic rings. The summed E-state index contributed by atoms with van der Waals surface area (Å²) in [4.78, 5) is 6.14. The topological polar surface area (TPSA) is 62.5 Å². The van der Waals surface area contributed by atoms with Crippen LogP contribution in [0.15, 0.2) is 27.0 Å². The summed E-state index contributed by atoms with van der Waals surface area (Å²) in [6.07, 6.45) is 1.97. The molecule has 0 aliphatic heterocycles. The van der Waals surface area contributed by atoms with Crippen molar-refractivity contribution in [2.24, 2.45) is 10.9 Å². The second-order valence-corrected chi connectivity index (χ2v) is 7.12. The zero-order chi connectivity index (χ0) is 17.4. The van der Waals surface area contributed by atoms with Crippen LogP contribution in [0.5, 0.6) is 0 Å². The molecule has 5 nitrogen and oxygen atoms in total. The first-order chi connectivity index (χ1) is 11.6. The van der Waals surface area contributed by atoms with E-state index in [9.17, 15) is 0 Å². The van der Waals surface area contributed by atoms with Gasteiger partial charge in [0, 0.05) is 30.1 Å². The zero-order valence-corrected chi connectivity index (χ0v) is 15.9. The Balaban J connectivity index is 1.81. The van der Waals surface area contributed by atoms with Crippen molar-refractivity contribution in [3.05, 3.63) is 39.4 Å². The van der Waals surface area contributed by atoms with Crippen LogP contribution >= 0.6 is 11.3 Å². The molecule has 0 spiro atoms. The molecule has 2 heterocycles. The van der Waals surface area contributed by atoms with Crippen LogP contribution in [0.2, 0.25) is 0 Å². The van der Waals surface area contributed by atoms with Crippen LogP contribution in [-0.2, 0) is 12.8 Å². The molecule has 0 radical (unpaired) electrons. The fraction of sp³-hybridized carbons (Fsp3) is 0.556. The van der Waals surface area contributed by atoms with Crippen LogP contribution in [0.4, 0.5) is 0 Å². The van der Waals surface area contributed by atoms with E-state index in [0.717, 1.165) is 49.9 Å². The number of hydrogen-bond donors (Lipinski definition) is 2. The van der Waals surface area contributed by atoms with Gasteiger partial charge in [0.05, 0.1) is 5.69 Å². The highest BCUT2D eigenvalue weighted by atomic mass is 32.1. The van der Waals surface area contributed by atoms with Gasteiger partial charge in [0.2, 0.25) is 0 Å². The minimum atomic E-state index is 0.529. The van der Waals surface area contributed by atoms with Gasteiger partial charge in [-0.15, -0.1) is 11.3 Å². The maximum atomic E-state index is 5.21. The lowest BCUT2D eigenvalue weighted by Crippen LogP contribution is -2.38. The number of hydrogen-bond acceptors (Lipinski definition) is 4. The van der Waals surface area contributed by atoms with Gasteiger partial charge < -0.3 is 15.2 Å². The first-order valence-electron chi connectivity index (χ1n) is 8.56. The number of thiophene rings is 1. The standard InChI is InChI=1S/C18H28N4OS/c1-5-19-18(20-9-8-17-14(3)22-23-15(17)4)21-12-13(2)11-16-7-6-10-24-16/h6-7,10,13H,5,8-9,11-12H2,1-4H3,(H2,19,20,21). The summed E-state index contributed by atoms with van der Waals surface area (Å²) in [6.45, 7) is 10.8. The molecule has 2 aromatic heterocycles. The minimum absolute atomic E-state index is 0.529. The molecule has 0 amide bonds. The molecule has 2 N–H and O–H groups in total. The van der Waals surface area contributed by atoms with Crippen molar-refractivity contribution in [2.45, 2.75) is 40.5 Å². The number of aryl methyl sites for hydroxylation is 2. The predicted molar refractivity (Wildman–Crippen MR) is 101 cm³/mol. The number of nitrogens with one attached hydrogen (secondary N) is 2. The van der Waals surface area contributed by atoms with E-state index < -0.39 is 0 Å². The van der Waals surface area contributed by atoms with Gasteiger partial charge in [0.15, 0.2) is 5.96 Å². The van der Waals surface area contributed by atoms with E-state index in [1.165, 1.54) is 10.4 Å². The van der Waals surface area contributed by atoms with E-state index in [4.69, 9.17) is 9.52 Å². The van der Waals surface area contributed by atoms with Crippen molar-refractivity contribution in [3.63, 3.8) is 0 Å². The van der Waals surface area contributed by atoms with E-state index in [-0.39, 0.29) is 0 Å². The van der Waals surface area contributed by atoms with Crippen LogP contribution in [0.25, 0.3) is 0 Å². The number of rotatable bonds is 8. The second-order valence-electron chi connectivity index (χ2n) is 6.09. The van der Waals surface area contributed by atoms with Gasteiger partial charge in [-0.1, -0.05) is 18.1 Å². The zero-order valence-electron chi connectivity index (χ0n) is 15.1. The Labute approximate surface area is 148 Å². The van der Waals surface area contributed by atoms with Crippen molar-refractivity contribution in [3.8, 4) is 0 Å². The molecular formula is C18H28N4OS. The number of aromatic nitrogens is 1. The van der Waals surface area contributed by atoms with Gasteiger partial charge in [0.1, 0.15) is 5.76 Å². The molecule has 0 bridgehead atoms. The van der Waals surface area contributed by atoms with Crippen LogP contribution in [-0.4, -0.2) is 30.8 Å². The van der Waals surface area contributed by atoms with Crippen LogP contribution in [0, 0.1) is 19.8 Å². The Morgan fingerprint density at radius 1 is 1.38 bits per heavy atom. The number of guanidine groups is 1. The predicted octanol–water partition coefficient (Wildman–Crippen LogP) is 3.33. The van der Waals surface area contributed by atoms with E-state index >= 15 is 0 Å². The normalized spacial score (nSPS) is 13.1. The van der Waals surface area contributed by atoms with Gasteiger partial charge in [-0.3, -0.25) is 4.99 Å². The second kappa shape index (κ2) is 9.47. The lowest BCUT2D eigenvalue weighted by Gasteiger charge is -2.13. The van der Waals surface area contributed by atoms with Crippen LogP contribution < -0.4 is 10.6 Å². The summed E-state index contributed by atoms with van der Waals surface area (Å²) in [5.74, 6) is 2.31. The van der Waals surface area contributed by atoms with Gasteiger partial charge in [0.25, 0.3) is 0 Å². The number of nitrogens with zero attached hydrogens (tertiary/aromatic N) is 2. The van der Waals surface area contributed by atoms with Crippen LogP contribution in [0.1, 0.15) is 35.7 Å². The highest BCUT2D eigenvalue weighted by Gasteiger charge is 2.09. The molecule has 0 saturated heterocycles. The van der Waals surface area contributed by atoms with Gasteiger partial charge in [-0.05, 0) is 51.0 Å². The monoisotopic (exact) mass is 348 g/mol. The molecule has 24 heavy (non-hydrogen) atoms. The maximum absolute atomic E-state index is 5.21. The largest absolute Gasteiger partial charge is 0.361 e. The molecule has 132 valence electrons. The van der Waals surface area contributed by atoms with Gasteiger partial charge in [-0.25, -0.2) is 0 Å². The first kappa shape index (κ1) is 18.5. The molecule has 1 unspecified atom stereocenters. The summed E-state index contributed by atoms with van der Waals surface area (Å²) in [5.41, 5.74) is 2.16. The first-order valence-corrected chi connectivity index (χ1v) is 9.44. The Bertz CT molecular complexity index is 614. The summed E-state index contributed by atoms with van der Waals surface area (Å²) in [7, 11) is 0. The summed E-state index contributed by atoms with van der Waals surface area (Å²) in [5, 5.41) is 12.8. The highest BCUT2D eigenvalue weighted by molar-refractivity contribution is 7.09. The van der Waals surface area contributed by atoms with Crippen molar-refractivity contribution < 1.29 is 4.52 Å². The molecule has 6 heteroatoms. The molecular weight excluding hydrogens is 320 g/mol. The minimum Gasteiger partial charge on any atom is -0.361 e. The molecule has 0 aliphatic carbocycles. The van der Waals surface area contributed by atoms with Gasteiger partial charge in [-0.2, -0.15) is 0 Å². The maximum Gasteiger partial charge on any atom is 0.191 e. The molecule has 0 saturated carbocycles. The van der Waals surface area contributed by atoms with Crippen LogP contribution in [0.3, 0.4) is 0 Å². The van der Waals surface area contributed by atoms with E-state index in [1.807, 2.05) is 25.2 Å². The third-order valence-corrected chi connectivity index (χ3v) is 4.78. The Morgan fingerprint density at radius 2 is 2.21 bits per heavy atom. The average molecular weight is 349 g/mol. The fourth-order valence-corrected chi connectivity index (χ4v) is 3.46. The molecule has 0 aromatic carbocycles. The van der Waals surface area contributed by atoms with Crippen molar-refractivity contribution >= 4 is 17.3 Å². The summed E-state index contributed by atoms with van der Waals surface area (Å²) < 4.78 is 5.21. The molecule has 0 fully saturated rings. The lowest BCUT2D eigenvalue weighted by atomic mass is 10.1. The van der Waals surface area contributed by atoms with E-state index in [1.54, 1.807) is 0 Å². The third-order valence-electron chi connectivity index (χ3n) is 3.88. The highest BCUT2D eigenvalue weighted by Crippen LogP contribution is 2.14. The van der Waals surface area contributed by atoms with Crippen molar-refractivity contribution in [1.82, 2.24) is 15.8 Å². The van der Waals surface area contributed by atoms with E-state index in [0.29, 0.717) is 5.92 Å². The van der Waals surface area contributed by atoms with Crippen molar-refractivity contribution in [2.75, 3.05) is 19.6 Å². The quantitative estimate of drug-likeness (QED) is 0.567. The lowest BCUT2D eigenvalue weighted by molar-refractivity contribution is 0.392. The summed E-state index contributed by atoms with van der Waals surface area (Å²) >= 11 is 1.82. The molecule has 2 rings (SSSR count). The smallest absolute Gasteiger partial charge is 0.191 e. The molecule has 1 atom stereocenters. The third kappa shape index (κ3) is 5.67. The number of aliphatic imine (C=N–C) groups is 1. The molecule has 2 aromatic rings. The Kier molecular flexibility index (Phi) is 7.31. The van der Waals surface area contributed by atoms with Crippen molar-refractivity contribution in [1.29, 1.82) is 0 Å². The Morgan fingerprint density at radius 3 is 2.83 bits per heavy atom. The van der Waals surface area contributed by atoms with E-state index in [2.05, 4.69) is 47.2 Å². The fourth-order valence-electron chi connectivity index (χ4n) is 2.59. The average Bonchev–Trinajstić information content (AvgIpc) is 3.17. The van der Waals surface area contributed by atoms with Gasteiger partial charge >= 0.3 is 0 Å². The summed E-state index contributed by atoms with van der Waals surface area (Å²) in [6, 6.07) is 4.30. The Hall–Kier alpha value is -1.82.